The molecule has 1 fully saturated rings. The van der Waals surface area contributed by atoms with Gasteiger partial charge in [0, 0.05) is 31.9 Å². The SMILES string of the molecule is Cc1c(C)n(CCCN2CCOCC2)c2ncn3nc(COc4ccc(C(C)(C)C)cc4)nc3c12. The second-order valence-electron chi connectivity index (χ2n) is 10.5. The van der Waals surface area contributed by atoms with Gasteiger partial charge in [0.15, 0.2) is 11.5 Å². The topological polar surface area (TPSA) is 69.7 Å². The summed E-state index contributed by atoms with van der Waals surface area (Å²) in [5, 5.41) is 5.70. The number of aryl methyl sites for hydroxylation is 2. The second kappa shape index (κ2) is 9.59. The summed E-state index contributed by atoms with van der Waals surface area (Å²) >= 11 is 0. The van der Waals surface area contributed by atoms with E-state index < -0.39 is 0 Å². The van der Waals surface area contributed by atoms with Crippen LogP contribution in [0.4, 0.5) is 0 Å². The molecule has 0 atom stereocenters. The van der Waals surface area contributed by atoms with Crippen molar-refractivity contribution in [3.05, 3.63) is 53.2 Å². The Bertz CT molecular complexity index is 1310. The first-order valence-corrected chi connectivity index (χ1v) is 12.5. The zero-order chi connectivity index (χ0) is 24.6. The zero-order valence-electron chi connectivity index (χ0n) is 21.5. The molecular formula is C27H36N6O2. The molecule has 0 unspecified atom stereocenters. The predicted octanol–water partition coefficient (Wildman–Crippen LogP) is 4.29. The number of morpholine rings is 1. The van der Waals surface area contributed by atoms with Crippen molar-refractivity contribution >= 4 is 16.7 Å². The maximum absolute atomic E-state index is 5.99. The molecule has 8 nitrogen and oxygen atoms in total. The third-order valence-corrected chi connectivity index (χ3v) is 7.04. The van der Waals surface area contributed by atoms with Crippen LogP contribution in [-0.4, -0.2) is 61.9 Å². The summed E-state index contributed by atoms with van der Waals surface area (Å²) in [6.45, 7) is 17.0. The van der Waals surface area contributed by atoms with Crippen LogP contribution in [-0.2, 0) is 23.3 Å². The minimum atomic E-state index is 0.120. The number of nitrogens with zero attached hydrogens (tertiary/aromatic N) is 6. The van der Waals surface area contributed by atoms with E-state index in [0.717, 1.165) is 68.2 Å². The number of benzene rings is 1. The summed E-state index contributed by atoms with van der Waals surface area (Å²) in [6.07, 6.45) is 2.85. The van der Waals surface area contributed by atoms with E-state index in [2.05, 4.69) is 61.3 Å². The molecule has 8 heteroatoms. The Balaban J connectivity index is 1.33. The van der Waals surface area contributed by atoms with Gasteiger partial charge >= 0.3 is 0 Å². The molecule has 0 saturated carbocycles. The first kappa shape index (κ1) is 23.8. The Kier molecular flexibility index (Phi) is 6.51. The Labute approximate surface area is 206 Å². The third-order valence-electron chi connectivity index (χ3n) is 7.04. The average molecular weight is 477 g/mol. The van der Waals surface area contributed by atoms with Gasteiger partial charge < -0.3 is 14.0 Å². The van der Waals surface area contributed by atoms with Gasteiger partial charge in [0.05, 0.1) is 18.6 Å². The molecule has 4 heterocycles. The van der Waals surface area contributed by atoms with Crippen molar-refractivity contribution < 1.29 is 9.47 Å². The van der Waals surface area contributed by atoms with E-state index in [1.54, 1.807) is 10.8 Å². The molecule has 0 amide bonds. The molecular weight excluding hydrogens is 440 g/mol. The van der Waals surface area contributed by atoms with E-state index in [1.807, 2.05) is 12.1 Å². The molecule has 35 heavy (non-hydrogen) atoms. The molecule has 1 aliphatic rings. The van der Waals surface area contributed by atoms with Crippen LogP contribution in [0.1, 0.15) is 49.8 Å². The molecule has 5 rings (SSSR count). The fraction of sp³-hybridized carbons (Fsp3) is 0.519. The second-order valence-corrected chi connectivity index (χ2v) is 10.5. The molecule has 0 spiro atoms. The van der Waals surface area contributed by atoms with Crippen LogP contribution in [0.15, 0.2) is 30.6 Å². The maximum Gasteiger partial charge on any atom is 0.189 e. The van der Waals surface area contributed by atoms with Gasteiger partial charge in [-0.1, -0.05) is 32.9 Å². The van der Waals surface area contributed by atoms with Crippen molar-refractivity contribution in [2.75, 3.05) is 32.8 Å². The average Bonchev–Trinajstić information content (AvgIpc) is 3.37. The minimum Gasteiger partial charge on any atom is -0.486 e. The van der Waals surface area contributed by atoms with Gasteiger partial charge in [-0.15, -0.1) is 5.10 Å². The summed E-state index contributed by atoms with van der Waals surface area (Å²) < 4.78 is 15.6. The Hall–Kier alpha value is -2.97. The molecule has 0 bridgehead atoms. The Morgan fingerprint density at radius 1 is 1.00 bits per heavy atom. The van der Waals surface area contributed by atoms with Crippen molar-refractivity contribution in [2.24, 2.45) is 0 Å². The lowest BCUT2D eigenvalue weighted by Crippen LogP contribution is -2.37. The minimum absolute atomic E-state index is 0.120. The van der Waals surface area contributed by atoms with Gasteiger partial charge in [-0.25, -0.2) is 14.5 Å². The van der Waals surface area contributed by atoms with Gasteiger partial charge in [-0.2, -0.15) is 0 Å². The summed E-state index contributed by atoms with van der Waals surface area (Å²) in [7, 11) is 0. The molecule has 0 radical (unpaired) electrons. The molecule has 1 saturated heterocycles. The number of rotatable bonds is 7. The van der Waals surface area contributed by atoms with E-state index in [4.69, 9.17) is 19.4 Å². The normalized spacial score (nSPS) is 15.3. The molecule has 0 N–H and O–H groups in total. The van der Waals surface area contributed by atoms with E-state index in [0.29, 0.717) is 12.4 Å². The molecule has 1 aliphatic heterocycles. The highest BCUT2D eigenvalue weighted by atomic mass is 16.5. The highest BCUT2D eigenvalue weighted by Crippen LogP contribution is 2.28. The molecule has 3 aromatic heterocycles. The van der Waals surface area contributed by atoms with Crippen molar-refractivity contribution in [1.29, 1.82) is 0 Å². The fourth-order valence-corrected chi connectivity index (χ4v) is 4.79. The number of fused-ring (bicyclic) bond motifs is 3. The van der Waals surface area contributed by atoms with Gasteiger partial charge in [0.1, 0.15) is 24.3 Å². The summed E-state index contributed by atoms with van der Waals surface area (Å²) in [6, 6.07) is 8.27. The third kappa shape index (κ3) is 4.90. The van der Waals surface area contributed by atoms with Crippen molar-refractivity contribution in [3.63, 3.8) is 0 Å². The van der Waals surface area contributed by atoms with Gasteiger partial charge in [0.2, 0.25) is 0 Å². The van der Waals surface area contributed by atoms with Crippen molar-refractivity contribution in [3.8, 4) is 5.75 Å². The van der Waals surface area contributed by atoms with E-state index >= 15 is 0 Å². The standard InChI is InChI=1S/C27H36N6O2/c1-19-20(2)32(12-6-11-31-13-15-34-16-14-31)25-24(19)26-29-23(30-33(26)18-28-25)17-35-22-9-7-21(8-10-22)27(3,4)5/h7-10,18H,6,11-17H2,1-5H3. The van der Waals surface area contributed by atoms with Crippen LogP contribution in [0, 0.1) is 13.8 Å². The Morgan fingerprint density at radius 2 is 1.74 bits per heavy atom. The van der Waals surface area contributed by atoms with Crippen LogP contribution in [0.2, 0.25) is 0 Å². The molecule has 1 aromatic carbocycles. The van der Waals surface area contributed by atoms with Crippen LogP contribution < -0.4 is 4.74 Å². The first-order valence-electron chi connectivity index (χ1n) is 12.5. The van der Waals surface area contributed by atoms with E-state index in [-0.39, 0.29) is 5.41 Å². The van der Waals surface area contributed by atoms with Crippen LogP contribution in [0.5, 0.6) is 5.75 Å². The summed E-state index contributed by atoms with van der Waals surface area (Å²) in [5.74, 6) is 1.47. The van der Waals surface area contributed by atoms with Gasteiger partial charge in [-0.3, -0.25) is 4.90 Å². The number of hydrogen-bond acceptors (Lipinski definition) is 6. The first-order chi connectivity index (χ1) is 16.8. The van der Waals surface area contributed by atoms with E-state index in [9.17, 15) is 0 Å². The lowest BCUT2D eigenvalue weighted by molar-refractivity contribution is 0.0369. The molecule has 4 aromatic rings. The zero-order valence-corrected chi connectivity index (χ0v) is 21.5. The summed E-state index contributed by atoms with van der Waals surface area (Å²) in [5.41, 5.74) is 5.67. The number of aromatic nitrogens is 5. The summed E-state index contributed by atoms with van der Waals surface area (Å²) in [4.78, 5) is 12.1. The lowest BCUT2D eigenvalue weighted by atomic mass is 9.87. The van der Waals surface area contributed by atoms with Crippen LogP contribution in [0.3, 0.4) is 0 Å². The van der Waals surface area contributed by atoms with Crippen molar-refractivity contribution in [2.45, 2.75) is 59.6 Å². The fourth-order valence-electron chi connectivity index (χ4n) is 4.79. The van der Waals surface area contributed by atoms with Gasteiger partial charge in [-0.05, 0) is 48.9 Å². The maximum atomic E-state index is 5.99. The highest BCUT2D eigenvalue weighted by molar-refractivity contribution is 5.93. The van der Waals surface area contributed by atoms with Crippen LogP contribution >= 0.6 is 0 Å². The molecule has 186 valence electrons. The van der Waals surface area contributed by atoms with Gasteiger partial charge in [0.25, 0.3) is 0 Å². The number of ether oxygens (including phenoxy) is 2. The molecule has 0 aliphatic carbocycles. The smallest absolute Gasteiger partial charge is 0.189 e. The quantitative estimate of drug-likeness (QED) is 0.396. The Morgan fingerprint density at radius 3 is 2.46 bits per heavy atom. The largest absolute Gasteiger partial charge is 0.486 e. The predicted molar refractivity (Wildman–Crippen MR) is 137 cm³/mol. The number of hydrogen-bond donors (Lipinski definition) is 0. The van der Waals surface area contributed by atoms with E-state index in [1.165, 1.54) is 16.8 Å². The highest BCUT2D eigenvalue weighted by Gasteiger charge is 2.19. The lowest BCUT2D eigenvalue weighted by Gasteiger charge is -2.26. The monoisotopic (exact) mass is 476 g/mol. The van der Waals surface area contributed by atoms with Crippen molar-refractivity contribution in [1.82, 2.24) is 29.0 Å². The van der Waals surface area contributed by atoms with Crippen LogP contribution in [0.25, 0.3) is 16.7 Å².